The Bertz CT molecular complexity index is 1110. The lowest BCUT2D eigenvalue weighted by molar-refractivity contribution is 1.33. The molecule has 29 heavy (non-hydrogen) atoms. The third-order valence-corrected chi connectivity index (χ3v) is 4.48. The Hall–Kier alpha value is -3.35. The molecule has 0 unspecified atom stereocenters. The van der Waals surface area contributed by atoms with E-state index in [-0.39, 0.29) is 36.5 Å². The highest BCUT2D eigenvalue weighted by molar-refractivity contribution is 5.96. The van der Waals surface area contributed by atoms with Crippen molar-refractivity contribution in [2.24, 2.45) is 11.5 Å². The third-order valence-electron chi connectivity index (χ3n) is 4.48. The van der Waals surface area contributed by atoms with Gasteiger partial charge in [0.2, 0.25) is 0 Å². The van der Waals surface area contributed by atoms with Gasteiger partial charge in [-0.05, 0) is 23.3 Å². The molecule has 1 aromatic heterocycles. The van der Waals surface area contributed by atoms with Crippen LogP contribution in [0.25, 0.3) is 33.5 Å². The molecule has 6 nitrogen and oxygen atoms in total. The predicted octanol–water partition coefficient (Wildman–Crippen LogP) is 4.31. The Morgan fingerprint density at radius 1 is 0.690 bits per heavy atom. The van der Waals surface area contributed by atoms with E-state index < -0.39 is 0 Å². The smallest absolute Gasteiger partial charge is 0.138 e. The molecule has 0 spiro atoms. The summed E-state index contributed by atoms with van der Waals surface area (Å²) < 4.78 is 0. The second-order valence-corrected chi connectivity index (χ2v) is 6.30. The van der Waals surface area contributed by atoms with Crippen LogP contribution in [0, 0.1) is 10.8 Å². The van der Waals surface area contributed by atoms with Gasteiger partial charge in [0.25, 0.3) is 0 Å². The highest BCUT2D eigenvalue weighted by Crippen LogP contribution is 2.26. The van der Waals surface area contributed by atoms with Crippen LogP contribution in [0.15, 0.2) is 66.7 Å². The van der Waals surface area contributed by atoms with Crippen LogP contribution in [0.1, 0.15) is 11.1 Å². The number of hydrogen-bond donors (Lipinski definition) is 5. The summed E-state index contributed by atoms with van der Waals surface area (Å²) in [7, 11) is 0. The SMILES string of the molecule is Cl.Cl.N=C(N)c1ccc(-c2ccc3nc(-c4ccc(C(=N)N)cc4)[nH]c3c2)cc1. The minimum Gasteiger partial charge on any atom is -0.384 e. The van der Waals surface area contributed by atoms with Crippen LogP contribution in [-0.2, 0) is 0 Å². The van der Waals surface area contributed by atoms with Gasteiger partial charge in [-0.1, -0.05) is 54.6 Å². The first-order valence-electron chi connectivity index (χ1n) is 8.41. The maximum absolute atomic E-state index is 7.49. The van der Waals surface area contributed by atoms with Crippen molar-refractivity contribution >= 4 is 47.5 Å². The van der Waals surface area contributed by atoms with Gasteiger partial charge in [-0.2, -0.15) is 0 Å². The van der Waals surface area contributed by atoms with E-state index in [4.69, 9.17) is 22.3 Å². The summed E-state index contributed by atoms with van der Waals surface area (Å²) in [5.41, 5.74) is 17.3. The molecule has 0 atom stereocenters. The number of nitrogens with one attached hydrogen (secondary N) is 3. The monoisotopic (exact) mass is 426 g/mol. The zero-order valence-corrected chi connectivity index (χ0v) is 16.9. The van der Waals surface area contributed by atoms with Crippen LogP contribution in [0.2, 0.25) is 0 Å². The maximum atomic E-state index is 7.49. The minimum atomic E-state index is 0. The average Bonchev–Trinajstić information content (AvgIpc) is 3.11. The van der Waals surface area contributed by atoms with Crippen molar-refractivity contribution in [1.29, 1.82) is 10.8 Å². The molecule has 0 fully saturated rings. The Kier molecular flexibility index (Phi) is 6.64. The number of nitrogens with two attached hydrogens (primary N) is 2. The highest BCUT2D eigenvalue weighted by Gasteiger charge is 2.08. The van der Waals surface area contributed by atoms with Crippen LogP contribution in [-0.4, -0.2) is 21.6 Å². The number of fused-ring (bicyclic) bond motifs is 1. The second-order valence-electron chi connectivity index (χ2n) is 6.30. The molecule has 0 aliphatic heterocycles. The Labute approximate surface area is 180 Å². The Morgan fingerprint density at radius 2 is 1.17 bits per heavy atom. The summed E-state index contributed by atoms with van der Waals surface area (Å²) in [6, 6.07) is 21.1. The molecule has 0 saturated carbocycles. The van der Waals surface area contributed by atoms with E-state index in [2.05, 4.69) is 16.0 Å². The summed E-state index contributed by atoms with van der Waals surface area (Å²) in [4.78, 5) is 7.99. The molecule has 8 heteroatoms. The van der Waals surface area contributed by atoms with Gasteiger partial charge >= 0.3 is 0 Å². The number of H-pyrrole nitrogens is 1. The van der Waals surface area contributed by atoms with Crippen molar-refractivity contribution in [3.05, 3.63) is 77.9 Å². The average molecular weight is 427 g/mol. The first-order valence-corrected chi connectivity index (χ1v) is 8.41. The lowest BCUT2D eigenvalue weighted by atomic mass is 10.0. The van der Waals surface area contributed by atoms with Crippen LogP contribution < -0.4 is 11.5 Å². The van der Waals surface area contributed by atoms with Gasteiger partial charge < -0.3 is 16.5 Å². The van der Waals surface area contributed by atoms with Gasteiger partial charge in [-0.3, -0.25) is 10.8 Å². The van der Waals surface area contributed by atoms with Crippen molar-refractivity contribution in [3.63, 3.8) is 0 Å². The molecular formula is C21H20Cl2N6. The van der Waals surface area contributed by atoms with E-state index in [1.54, 1.807) is 0 Å². The number of nitrogen functional groups attached to an aromatic ring is 2. The summed E-state index contributed by atoms with van der Waals surface area (Å²) >= 11 is 0. The van der Waals surface area contributed by atoms with Crippen molar-refractivity contribution in [2.75, 3.05) is 0 Å². The summed E-state index contributed by atoms with van der Waals surface area (Å²) in [6.45, 7) is 0. The first-order chi connectivity index (χ1) is 13.0. The van der Waals surface area contributed by atoms with Gasteiger partial charge in [-0.15, -0.1) is 24.8 Å². The first kappa shape index (κ1) is 21.9. The van der Waals surface area contributed by atoms with Gasteiger partial charge in [0.05, 0.1) is 11.0 Å². The number of hydrogen-bond acceptors (Lipinski definition) is 3. The molecule has 0 radical (unpaired) electrons. The van der Waals surface area contributed by atoms with E-state index >= 15 is 0 Å². The Balaban J connectivity index is 0.00000150. The van der Waals surface area contributed by atoms with Gasteiger partial charge in [0.1, 0.15) is 17.5 Å². The standard InChI is InChI=1S/C21H18N6.2ClH/c22-19(23)13-3-1-12(2-4-13)16-9-10-17-18(11-16)27-21(26-17)15-7-5-14(6-8-15)20(24)25;;/h1-11H,(H3,22,23)(H3,24,25)(H,26,27);2*1H. The van der Waals surface area contributed by atoms with Crippen LogP contribution >= 0.6 is 24.8 Å². The number of amidine groups is 2. The zero-order valence-electron chi connectivity index (χ0n) is 15.3. The van der Waals surface area contributed by atoms with E-state index in [0.29, 0.717) is 11.1 Å². The van der Waals surface area contributed by atoms with Crippen LogP contribution in [0.4, 0.5) is 0 Å². The fourth-order valence-electron chi connectivity index (χ4n) is 2.98. The second kappa shape index (κ2) is 8.77. The molecule has 0 bridgehead atoms. The number of nitrogens with zero attached hydrogens (tertiary/aromatic N) is 1. The van der Waals surface area contributed by atoms with Crippen molar-refractivity contribution < 1.29 is 0 Å². The highest BCUT2D eigenvalue weighted by atomic mass is 35.5. The lowest BCUT2D eigenvalue weighted by Crippen LogP contribution is -2.10. The van der Waals surface area contributed by atoms with Crippen LogP contribution in [0.5, 0.6) is 0 Å². The topological polar surface area (TPSA) is 128 Å². The van der Waals surface area contributed by atoms with E-state index in [1.807, 2.05) is 60.7 Å². The number of benzene rings is 3. The molecule has 0 saturated heterocycles. The molecule has 1 heterocycles. The maximum Gasteiger partial charge on any atom is 0.138 e. The quantitative estimate of drug-likeness (QED) is 0.246. The third kappa shape index (κ3) is 4.39. The number of imidazole rings is 1. The molecule has 7 N–H and O–H groups in total. The van der Waals surface area contributed by atoms with Crippen molar-refractivity contribution in [1.82, 2.24) is 9.97 Å². The summed E-state index contributed by atoms with van der Waals surface area (Å²) in [6.07, 6.45) is 0. The molecule has 4 aromatic rings. The molecule has 3 aromatic carbocycles. The lowest BCUT2D eigenvalue weighted by Gasteiger charge is -2.03. The van der Waals surface area contributed by atoms with E-state index in [9.17, 15) is 0 Å². The molecule has 4 rings (SSSR count). The van der Waals surface area contributed by atoms with Gasteiger partial charge in [-0.25, -0.2) is 4.98 Å². The fraction of sp³-hybridized carbons (Fsp3) is 0. The normalized spacial score (nSPS) is 10.1. The summed E-state index contributed by atoms with van der Waals surface area (Å²) in [5, 5.41) is 15.0. The Morgan fingerprint density at radius 3 is 1.69 bits per heavy atom. The number of aromatic amines is 1. The number of rotatable bonds is 4. The molecule has 0 aliphatic carbocycles. The van der Waals surface area contributed by atoms with E-state index in [0.717, 1.165) is 33.5 Å². The molecular weight excluding hydrogens is 407 g/mol. The van der Waals surface area contributed by atoms with Crippen LogP contribution in [0.3, 0.4) is 0 Å². The van der Waals surface area contributed by atoms with Crippen molar-refractivity contribution in [3.8, 4) is 22.5 Å². The van der Waals surface area contributed by atoms with Gasteiger partial charge in [0, 0.05) is 16.7 Å². The fourth-order valence-corrected chi connectivity index (χ4v) is 2.98. The number of aromatic nitrogens is 2. The molecule has 148 valence electrons. The van der Waals surface area contributed by atoms with E-state index in [1.165, 1.54) is 0 Å². The zero-order chi connectivity index (χ0) is 19.0. The van der Waals surface area contributed by atoms with Gasteiger partial charge in [0.15, 0.2) is 0 Å². The summed E-state index contributed by atoms with van der Waals surface area (Å²) in [5.74, 6) is 0.877. The minimum absolute atomic E-state index is 0. The number of halogens is 2. The largest absolute Gasteiger partial charge is 0.384 e. The molecule has 0 amide bonds. The predicted molar refractivity (Wildman–Crippen MR) is 123 cm³/mol. The van der Waals surface area contributed by atoms with Crippen molar-refractivity contribution in [2.45, 2.75) is 0 Å². The molecule has 0 aliphatic rings.